The second-order valence-electron chi connectivity index (χ2n) is 5.76. The van der Waals surface area contributed by atoms with Gasteiger partial charge in [-0.3, -0.25) is 0 Å². The molecule has 1 atom stereocenters. The topological polar surface area (TPSA) is 64.4 Å². The zero-order valence-corrected chi connectivity index (χ0v) is 13.8. The van der Waals surface area contributed by atoms with Crippen LogP contribution in [0.4, 0.5) is 6.01 Å². The van der Waals surface area contributed by atoms with Crippen molar-refractivity contribution >= 4 is 16.9 Å². The predicted octanol–water partition coefficient (Wildman–Crippen LogP) is 3.17. The molecule has 2 aromatic carbocycles. The van der Waals surface area contributed by atoms with Crippen molar-refractivity contribution in [2.75, 3.05) is 19.0 Å². The van der Waals surface area contributed by atoms with Gasteiger partial charge in [0.15, 0.2) is 0 Å². The first-order valence-corrected chi connectivity index (χ1v) is 7.87. The number of methoxy groups -OCH3 is 1. The predicted molar refractivity (Wildman–Crippen MR) is 94.4 cm³/mol. The molecule has 1 N–H and O–H groups in total. The molecule has 0 bridgehead atoms. The molecule has 0 fully saturated rings. The van der Waals surface area contributed by atoms with E-state index in [9.17, 15) is 4.79 Å². The minimum atomic E-state index is -0.378. The lowest BCUT2D eigenvalue weighted by Gasteiger charge is -2.17. The number of benzene rings is 2. The molecule has 0 unspecified atom stereocenters. The molecule has 0 spiro atoms. The maximum atomic E-state index is 12.2. The Bertz CT molecular complexity index is 875. The van der Waals surface area contributed by atoms with Gasteiger partial charge in [0.05, 0.1) is 23.6 Å². The van der Waals surface area contributed by atoms with Crippen LogP contribution in [0.3, 0.4) is 0 Å². The van der Waals surface area contributed by atoms with Crippen molar-refractivity contribution in [3.63, 3.8) is 0 Å². The lowest BCUT2D eigenvalue weighted by Crippen LogP contribution is -2.28. The van der Waals surface area contributed by atoms with E-state index in [1.165, 1.54) is 5.56 Å². The number of nitrogens with one attached hydrogen (secondary N) is 1. The van der Waals surface area contributed by atoms with Gasteiger partial charge in [-0.05, 0) is 30.5 Å². The number of hydrogen-bond donors (Lipinski definition) is 1. The molecule has 3 rings (SSSR count). The molecule has 0 saturated carbocycles. The number of aromatic nitrogens is 1. The second-order valence-corrected chi connectivity index (χ2v) is 5.76. The van der Waals surface area contributed by atoms with Gasteiger partial charge in [-0.15, -0.1) is 0 Å². The Kier molecular flexibility index (Phi) is 4.91. The van der Waals surface area contributed by atoms with Gasteiger partial charge < -0.3 is 14.5 Å². The minimum absolute atomic E-state index is 0.0460. The van der Waals surface area contributed by atoms with Crippen LogP contribution >= 0.6 is 0 Å². The van der Waals surface area contributed by atoms with Crippen molar-refractivity contribution < 1.29 is 9.15 Å². The number of rotatable bonds is 6. The van der Waals surface area contributed by atoms with Gasteiger partial charge in [-0.25, -0.2) is 4.79 Å². The van der Waals surface area contributed by atoms with Gasteiger partial charge >= 0.3 is 5.63 Å². The fourth-order valence-electron chi connectivity index (χ4n) is 2.77. The molecule has 24 heavy (non-hydrogen) atoms. The fourth-order valence-corrected chi connectivity index (χ4v) is 2.77. The number of anilines is 1. The molecule has 3 aromatic rings. The Morgan fingerprint density at radius 2 is 1.96 bits per heavy atom. The third-order valence-electron chi connectivity index (χ3n) is 3.89. The molecule has 1 heterocycles. The highest BCUT2D eigenvalue weighted by Crippen LogP contribution is 2.16. The number of fused-ring (bicyclic) bond motifs is 1. The minimum Gasteiger partial charge on any atom is -0.389 e. The molecule has 0 aliphatic rings. The van der Waals surface area contributed by atoms with Gasteiger partial charge in [-0.2, -0.15) is 4.98 Å². The lowest BCUT2D eigenvalue weighted by molar-refractivity contribution is 0.184. The lowest BCUT2D eigenvalue weighted by atomic mass is 10.1. The van der Waals surface area contributed by atoms with Crippen LogP contribution in [0, 0.1) is 6.92 Å². The first kappa shape index (κ1) is 16.2. The first-order valence-electron chi connectivity index (χ1n) is 7.87. The Labute approximate surface area is 140 Å². The van der Waals surface area contributed by atoms with Crippen LogP contribution in [0.25, 0.3) is 10.9 Å². The summed E-state index contributed by atoms with van der Waals surface area (Å²) < 4.78 is 10.6. The van der Waals surface area contributed by atoms with E-state index in [4.69, 9.17) is 9.15 Å². The van der Waals surface area contributed by atoms with Gasteiger partial charge in [0.25, 0.3) is 6.01 Å². The monoisotopic (exact) mass is 324 g/mol. The largest absolute Gasteiger partial charge is 0.389 e. The van der Waals surface area contributed by atoms with Crippen molar-refractivity contribution in [3.05, 3.63) is 70.1 Å². The Balaban J connectivity index is 1.87. The number of hydrogen-bond acceptors (Lipinski definition) is 5. The molecule has 124 valence electrons. The molecular formula is C19H20N2O3. The van der Waals surface area contributed by atoms with Crippen LogP contribution in [0.2, 0.25) is 0 Å². The van der Waals surface area contributed by atoms with E-state index in [0.717, 1.165) is 12.0 Å². The quantitative estimate of drug-likeness (QED) is 0.754. The molecule has 0 saturated heterocycles. The van der Waals surface area contributed by atoms with Crippen molar-refractivity contribution in [3.8, 4) is 0 Å². The highest BCUT2D eigenvalue weighted by atomic mass is 16.5. The summed E-state index contributed by atoms with van der Waals surface area (Å²) >= 11 is 0. The van der Waals surface area contributed by atoms with Crippen LogP contribution < -0.4 is 10.9 Å². The maximum Gasteiger partial charge on any atom is 0.348 e. The van der Waals surface area contributed by atoms with Crippen LogP contribution in [-0.2, 0) is 11.2 Å². The van der Waals surface area contributed by atoms with Gasteiger partial charge in [0, 0.05) is 7.11 Å². The van der Waals surface area contributed by atoms with Gasteiger partial charge in [0.2, 0.25) is 0 Å². The van der Waals surface area contributed by atoms with Crippen molar-refractivity contribution in [1.29, 1.82) is 0 Å². The normalized spacial score (nSPS) is 12.2. The Morgan fingerprint density at radius 1 is 1.17 bits per heavy atom. The smallest absolute Gasteiger partial charge is 0.348 e. The van der Waals surface area contributed by atoms with Crippen LogP contribution in [0.5, 0.6) is 0 Å². The molecule has 0 aliphatic carbocycles. The van der Waals surface area contributed by atoms with Crippen LogP contribution in [-0.4, -0.2) is 24.7 Å². The van der Waals surface area contributed by atoms with Crippen molar-refractivity contribution in [2.45, 2.75) is 19.4 Å². The molecule has 0 radical (unpaired) electrons. The van der Waals surface area contributed by atoms with Gasteiger partial charge in [-0.1, -0.05) is 42.5 Å². The maximum absolute atomic E-state index is 12.2. The zero-order chi connectivity index (χ0) is 16.9. The average molecular weight is 324 g/mol. The van der Waals surface area contributed by atoms with Crippen LogP contribution in [0.1, 0.15) is 11.1 Å². The Morgan fingerprint density at radius 3 is 2.71 bits per heavy atom. The number of ether oxygens (including phenoxy) is 1. The van der Waals surface area contributed by atoms with Crippen molar-refractivity contribution in [2.24, 2.45) is 0 Å². The van der Waals surface area contributed by atoms with E-state index in [1.807, 2.05) is 43.3 Å². The van der Waals surface area contributed by atoms with E-state index < -0.39 is 0 Å². The summed E-state index contributed by atoms with van der Waals surface area (Å²) in [6.45, 7) is 2.35. The summed E-state index contributed by atoms with van der Waals surface area (Å²) in [5, 5.41) is 3.70. The molecule has 5 heteroatoms. The van der Waals surface area contributed by atoms with Gasteiger partial charge in [0.1, 0.15) is 0 Å². The number of nitrogens with zero attached hydrogens (tertiary/aromatic N) is 1. The van der Waals surface area contributed by atoms with Crippen LogP contribution in [0.15, 0.2) is 57.7 Å². The van der Waals surface area contributed by atoms with E-state index in [1.54, 1.807) is 7.11 Å². The summed E-state index contributed by atoms with van der Waals surface area (Å²) in [5.41, 5.74) is 2.28. The van der Waals surface area contributed by atoms with E-state index >= 15 is 0 Å². The summed E-state index contributed by atoms with van der Waals surface area (Å²) in [6.07, 6.45) is 0.742. The standard InChI is InChI=1S/C19H20N2O3/c1-13-7-6-10-16-17(13)18(22)24-19(21-16)20-15(12-23-2)11-14-8-4-3-5-9-14/h3-10,15H,11-12H2,1-2H3,(H,20,21)/t15-/m0/s1. The summed E-state index contributed by atoms with van der Waals surface area (Å²) in [5.74, 6) is 0. The highest BCUT2D eigenvalue weighted by Gasteiger charge is 2.14. The summed E-state index contributed by atoms with van der Waals surface area (Å²) in [7, 11) is 1.65. The zero-order valence-electron chi connectivity index (χ0n) is 13.8. The second kappa shape index (κ2) is 7.27. The summed E-state index contributed by atoms with van der Waals surface area (Å²) in [6, 6.07) is 15.8. The summed E-state index contributed by atoms with van der Waals surface area (Å²) in [4.78, 5) is 16.7. The van der Waals surface area contributed by atoms with E-state index in [0.29, 0.717) is 17.5 Å². The molecular weight excluding hydrogens is 304 g/mol. The third-order valence-corrected chi connectivity index (χ3v) is 3.89. The average Bonchev–Trinajstić information content (AvgIpc) is 2.56. The third kappa shape index (κ3) is 3.63. The highest BCUT2D eigenvalue weighted by molar-refractivity contribution is 5.81. The SMILES string of the molecule is COC[C@H](Cc1ccccc1)Nc1nc2cccc(C)c2c(=O)o1. The van der Waals surface area contributed by atoms with Crippen molar-refractivity contribution in [1.82, 2.24) is 4.98 Å². The Hall–Kier alpha value is -2.66. The molecule has 5 nitrogen and oxygen atoms in total. The van der Waals surface area contributed by atoms with E-state index in [2.05, 4.69) is 22.4 Å². The molecule has 0 aliphatic heterocycles. The number of aryl methyl sites for hydroxylation is 1. The molecule has 0 amide bonds. The van der Waals surface area contributed by atoms with E-state index in [-0.39, 0.29) is 17.7 Å². The molecule has 1 aromatic heterocycles. The fraction of sp³-hybridized carbons (Fsp3) is 0.263. The first-order chi connectivity index (χ1) is 11.7.